The monoisotopic (exact) mass is 497 g/mol. The predicted molar refractivity (Wildman–Crippen MR) is 124 cm³/mol. The number of hydrogen-bond donors (Lipinski definition) is 2. The van der Waals surface area contributed by atoms with Gasteiger partial charge in [-0.15, -0.1) is 0 Å². The molecule has 0 aliphatic carbocycles. The first-order chi connectivity index (χ1) is 16.1. The molecular weight excluding hydrogens is 474 g/mol. The molecule has 1 aliphatic rings. The van der Waals surface area contributed by atoms with Crippen molar-refractivity contribution in [1.29, 1.82) is 0 Å². The molecule has 0 saturated heterocycles. The molecule has 0 spiro atoms. The highest BCUT2D eigenvalue weighted by Crippen LogP contribution is 2.36. The molecule has 6 nitrogen and oxygen atoms in total. The van der Waals surface area contributed by atoms with Crippen LogP contribution in [-0.2, 0) is 22.6 Å². The molecule has 0 unspecified atom stereocenters. The maximum Gasteiger partial charge on any atom is 0.418 e. The fourth-order valence-electron chi connectivity index (χ4n) is 3.73. The molecule has 3 aromatic carbocycles. The van der Waals surface area contributed by atoms with E-state index in [1.807, 2.05) is 0 Å². The minimum absolute atomic E-state index is 0. The summed E-state index contributed by atoms with van der Waals surface area (Å²) in [4.78, 5) is 12.3. The zero-order valence-electron chi connectivity index (χ0n) is 17.6. The number of nitrogens with one attached hydrogen (secondary N) is 2. The van der Waals surface area contributed by atoms with Gasteiger partial charge < -0.3 is 10.6 Å². The summed E-state index contributed by atoms with van der Waals surface area (Å²) in [7, 11) is -3.99. The van der Waals surface area contributed by atoms with E-state index in [0.717, 1.165) is 29.8 Å². The van der Waals surface area contributed by atoms with Gasteiger partial charge in [-0.2, -0.15) is 13.2 Å². The molecule has 0 aromatic heterocycles. The number of rotatable bonds is 4. The molecule has 0 bridgehead atoms. The van der Waals surface area contributed by atoms with Gasteiger partial charge in [-0.05, 0) is 66.9 Å². The Morgan fingerprint density at radius 3 is 2.38 bits per heavy atom. The fourth-order valence-corrected chi connectivity index (χ4v) is 5.26. The van der Waals surface area contributed by atoms with Gasteiger partial charge in [0.1, 0.15) is 5.82 Å². The number of fused-ring (bicyclic) bond motifs is 1. The standard InChI is InChI=1S/C23H19F4N3O3S.2H2/c24-16-8-11-18(12-9-16)34(32,33)30-13-3-4-15-7-10-17(14-21(15)30)28-22(31)29-20-6-2-1-5-19(20)23(25,26)27;;/h1-2,5-12,14H,3-4,13H2,(H2,28,29,31);2*1H. The summed E-state index contributed by atoms with van der Waals surface area (Å²) in [6.45, 7) is 0.182. The number of halogens is 4. The highest BCUT2D eigenvalue weighted by atomic mass is 32.2. The van der Waals surface area contributed by atoms with Crippen molar-refractivity contribution in [3.8, 4) is 0 Å². The van der Waals surface area contributed by atoms with Gasteiger partial charge in [0.15, 0.2) is 0 Å². The van der Waals surface area contributed by atoms with Gasteiger partial charge in [0.25, 0.3) is 10.0 Å². The van der Waals surface area contributed by atoms with Crippen molar-refractivity contribution < 1.29 is 33.6 Å². The predicted octanol–water partition coefficient (Wildman–Crippen LogP) is 6.12. The largest absolute Gasteiger partial charge is 0.418 e. The molecule has 0 saturated carbocycles. The highest BCUT2D eigenvalue weighted by molar-refractivity contribution is 7.92. The number of amides is 2. The molecule has 1 heterocycles. The third-order valence-corrected chi connectivity index (χ3v) is 7.13. The smallest absolute Gasteiger partial charge is 0.308 e. The summed E-state index contributed by atoms with van der Waals surface area (Å²) in [5.41, 5.74) is -0.144. The summed E-state index contributed by atoms with van der Waals surface area (Å²) < 4.78 is 80.3. The molecule has 2 N–H and O–H groups in total. The number of carbonyl (C=O) groups excluding carboxylic acids is 1. The van der Waals surface area contributed by atoms with Gasteiger partial charge in [0.2, 0.25) is 0 Å². The molecule has 0 radical (unpaired) electrons. The van der Waals surface area contributed by atoms with Crippen LogP contribution in [0.3, 0.4) is 0 Å². The Morgan fingerprint density at radius 2 is 1.68 bits per heavy atom. The molecule has 0 atom stereocenters. The quantitative estimate of drug-likeness (QED) is 0.426. The van der Waals surface area contributed by atoms with Gasteiger partial charge in [-0.1, -0.05) is 18.2 Å². The van der Waals surface area contributed by atoms with Crippen LogP contribution in [-0.4, -0.2) is 21.0 Å². The Bertz CT molecular complexity index is 1340. The average molecular weight is 498 g/mol. The first-order valence-electron chi connectivity index (χ1n) is 10.2. The number of alkyl halides is 3. The molecule has 0 fully saturated rings. The lowest BCUT2D eigenvalue weighted by Gasteiger charge is -2.31. The first kappa shape index (κ1) is 23.6. The molecule has 3 aromatic rings. The second-order valence-corrected chi connectivity index (χ2v) is 9.46. The zero-order chi connectivity index (χ0) is 24.5. The maximum absolute atomic E-state index is 13.3. The summed E-state index contributed by atoms with van der Waals surface area (Å²) in [5.74, 6) is -0.567. The van der Waals surface area contributed by atoms with Crippen LogP contribution in [0.1, 0.15) is 20.4 Å². The normalized spacial score (nSPS) is 13.8. The lowest BCUT2D eigenvalue weighted by Crippen LogP contribution is -2.35. The highest BCUT2D eigenvalue weighted by Gasteiger charge is 2.34. The molecule has 2 amide bonds. The van der Waals surface area contributed by atoms with Gasteiger partial charge in [0.05, 0.1) is 21.8 Å². The van der Waals surface area contributed by atoms with Gasteiger partial charge >= 0.3 is 12.2 Å². The number of aryl methyl sites for hydroxylation is 1. The lowest BCUT2D eigenvalue weighted by atomic mass is 10.0. The van der Waals surface area contributed by atoms with E-state index < -0.39 is 39.3 Å². The second kappa shape index (κ2) is 8.98. The summed E-state index contributed by atoms with van der Waals surface area (Å²) >= 11 is 0. The van der Waals surface area contributed by atoms with Crippen LogP contribution in [0.15, 0.2) is 71.6 Å². The van der Waals surface area contributed by atoms with E-state index in [9.17, 15) is 30.8 Å². The van der Waals surface area contributed by atoms with Gasteiger partial charge in [-0.3, -0.25) is 4.31 Å². The van der Waals surface area contributed by atoms with Crippen molar-refractivity contribution in [2.45, 2.75) is 23.9 Å². The van der Waals surface area contributed by atoms with Crippen LogP contribution < -0.4 is 14.9 Å². The molecule has 11 heteroatoms. The van der Waals surface area contributed by atoms with E-state index >= 15 is 0 Å². The fraction of sp³-hybridized carbons (Fsp3) is 0.174. The molecule has 34 heavy (non-hydrogen) atoms. The Balaban J connectivity index is 0.00000228. The van der Waals surface area contributed by atoms with Crippen LogP contribution in [0, 0.1) is 5.82 Å². The number of carbonyl (C=O) groups is 1. The van der Waals surface area contributed by atoms with E-state index in [1.54, 1.807) is 12.1 Å². The average Bonchev–Trinajstić information content (AvgIpc) is 2.78. The van der Waals surface area contributed by atoms with Crippen molar-refractivity contribution in [2.24, 2.45) is 0 Å². The summed E-state index contributed by atoms with van der Waals surface area (Å²) in [5, 5.41) is 4.63. The van der Waals surface area contributed by atoms with E-state index in [1.165, 1.54) is 34.6 Å². The maximum atomic E-state index is 13.3. The SMILES string of the molecule is O=C(Nc1ccc2c(c1)N(S(=O)(=O)c1ccc(F)cc1)CCC2)Nc1ccccc1C(F)(F)F.[HH].[HH]. The van der Waals surface area contributed by atoms with E-state index in [2.05, 4.69) is 10.6 Å². The number of sulfonamides is 1. The summed E-state index contributed by atoms with van der Waals surface area (Å²) in [6.07, 6.45) is -3.48. The molecule has 1 aliphatic heterocycles. The molecular formula is C23H23F4N3O3S. The van der Waals surface area contributed by atoms with Crippen LogP contribution in [0.25, 0.3) is 0 Å². The number of benzene rings is 3. The van der Waals surface area contributed by atoms with E-state index in [0.29, 0.717) is 18.5 Å². The topological polar surface area (TPSA) is 78.5 Å². The van der Waals surface area contributed by atoms with Crippen molar-refractivity contribution in [3.63, 3.8) is 0 Å². The van der Waals surface area contributed by atoms with Gasteiger partial charge in [0, 0.05) is 15.1 Å². The van der Waals surface area contributed by atoms with Crippen molar-refractivity contribution >= 4 is 33.1 Å². The first-order valence-corrected chi connectivity index (χ1v) is 11.7. The minimum Gasteiger partial charge on any atom is -0.308 e. The summed E-state index contributed by atoms with van der Waals surface area (Å²) in [6, 6.07) is 12.7. The van der Waals surface area contributed by atoms with Crippen molar-refractivity contribution in [3.05, 3.63) is 83.7 Å². The Kier molecular flexibility index (Phi) is 6.22. The lowest BCUT2D eigenvalue weighted by molar-refractivity contribution is -0.136. The van der Waals surface area contributed by atoms with Crippen LogP contribution >= 0.6 is 0 Å². The zero-order valence-corrected chi connectivity index (χ0v) is 18.4. The van der Waals surface area contributed by atoms with Crippen molar-refractivity contribution in [2.75, 3.05) is 21.5 Å². The number of hydrogen-bond acceptors (Lipinski definition) is 3. The van der Waals surface area contributed by atoms with Crippen LogP contribution in [0.2, 0.25) is 0 Å². The Labute approximate surface area is 196 Å². The number of para-hydroxylation sites is 1. The molecule has 182 valence electrons. The Morgan fingerprint density at radius 1 is 0.971 bits per heavy atom. The van der Waals surface area contributed by atoms with Gasteiger partial charge in [-0.25, -0.2) is 17.6 Å². The second-order valence-electron chi connectivity index (χ2n) is 7.60. The number of anilines is 3. The van der Waals surface area contributed by atoms with Crippen LogP contribution in [0.4, 0.5) is 39.4 Å². The minimum atomic E-state index is -4.65. The van der Waals surface area contributed by atoms with E-state index in [4.69, 9.17) is 0 Å². The van der Waals surface area contributed by atoms with E-state index in [-0.39, 0.29) is 20.0 Å². The third kappa shape index (κ3) is 4.84. The molecule has 4 rings (SSSR count). The van der Waals surface area contributed by atoms with Crippen LogP contribution in [0.5, 0.6) is 0 Å². The number of urea groups is 1. The number of nitrogens with zero attached hydrogens (tertiary/aromatic N) is 1. The van der Waals surface area contributed by atoms with Crippen molar-refractivity contribution in [1.82, 2.24) is 0 Å². The Hall–Kier alpha value is -3.60. The third-order valence-electron chi connectivity index (χ3n) is 5.30.